The summed E-state index contributed by atoms with van der Waals surface area (Å²) >= 11 is 1.37. The minimum absolute atomic E-state index is 0.0497. The van der Waals surface area contributed by atoms with Gasteiger partial charge in [-0.15, -0.1) is 0 Å². The minimum atomic E-state index is -0.580. The van der Waals surface area contributed by atoms with Gasteiger partial charge in [-0.1, -0.05) is 96.3 Å². The number of amides is 1. The molecule has 0 spiro atoms. The number of carbonyl (C=O) groups is 1. The molecule has 190 valence electrons. The van der Waals surface area contributed by atoms with Gasteiger partial charge < -0.3 is 5.32 Å². The van der Waals surface area contributed by atoms with Gasteiger partial charge in [0.25, 0.3) is 11.5 Å². The number of carbonyl (C=O) groups excluding carboxylic acids is 1. The van der Waals surface area contributed by atoms with Crippen LogP contribution in [-0.4, -0.2) is 17.0 Å². The number of benzene rings is 3. The summed E-state index contributed by atoms with van der Waals surface area (Å²) in [4.78, 5) is 32.9. The normalized spacial score (nSPS) is 21.2. The molecule has 8 heteroatoms. The summed E-state index contributed by atoms with van der Waals surface area (Å²) in [6.07, 6.45) is 2.04. The van der Waals surface area contributed by atoms with E-state index in [4.69, 9.17) is 4.99 Å². The number of nitrogens with zero attached hydrogens (tertiary/aromatic N) is 2. The first-order chi connectivity index (χ1) is 18.6. The second-order valence-corrected chi connectivity index (χ2v) is 10.4. The zero-order chi connectivity index (χ0) is 26.1. The molecular formula is C30H27N5O2S. The molecule has 0 bridgehead atoms. The maximum atomic E-state index is 13.9. The van der Waals surface area contributed by atoms with E-state index in [9.17, 15) is 9.59 Å². The molecule has 3 atom stereocenters. The molecule has 1 aromatic heterocycles. The quantitative estimate of drug-likeness (QED) is 0.376. The van der Waals surface area contributed by atoms with Gasteiger partial charge in [0.05, 0.1) is 27.9 Å². The largest absolute Gasteiger partial charge is 0.322 e. The van der Waals surface area contributed by atoms with Crippen LogP contribution in [0.4, 0.5) is 5.69 Å². The topological polar surface area (TPSA) is 87.5 Å². The van der Waals surface area contributed by atoms with Crippen molar-refractivity contribution in [3.05, 3.63) is 133 Å². The maximum absolute atomic E-state index is 13.9. The van der Waals surface area contributed by atoms with E-state index in [0.29, 0.717) is 32.8 Å². The summed E-state index contributed by atoms with van der Waals surface area (Å²) in [6, 6.07) is 28.7. The predicted molar refractivity (Wildman–Crippen MR) is 150 cm³/mol. The summed E-state index contributed by atoms with van der Waals surface area (Å²) in [7, 11) is 0. The maximum Gasteiger partial charge on any atom is 0.270 e. The van der Waals surface area contributed by atoms with Crippen molar-refractivity contribution < 1.29 is 4.79 Å². The van der Waals surface area contributed by atoms with Crippen LogP contribution in [0.25, 0.3) is 6.08 Å². The fraction of sp³-hybridized carbons (Fsp3) is 0.167. The Kier molecular flexibility index (Phi) is 6.59. The molecule has 6 rings (SSSR count). The lowest BCUT2D eigenvalue weighted by Gasteiger charge is -2.25. The number of thiazole rings is 1. The summed E-state index contributed by atoms with van der Waals surface area (Å²) in [5.41, 5.74) is 10.2. The first-order valence-corrected chi connectivity index (χ1v) is 13.4. The Morgan fingerprint density at radius 2 is 1.61 bits per heavy atom. The third-order valence-corrected chi connectivity index (χ3v) is 7.96. The molecule has 7 nitrogen and oxygen atoms in total. The van der Waals surface area contributed by atoms with Crippen molar-refractivity contribution in [2.24, 2.45) is 10.9 Å². The van der Waals surface area contributed by atoms with Crippen LogP contribution in [0.5, 0.6) is 0 Å². The Hall–Kier alpha value is -4.11. The highest BCUT2D eigenvalue weighted by atomic mass is 32.1. The lowest BCUT2D eigenvalue weighted by Crippen LogP contribution is -2.40. The number of hydrazine groups is 1. The van der Waals surface area contributed by atoms with Crippen molar-refractivity contribution in [2.45, 2.75) is 19.0 Å². The zero-order valence-corrected chi connectivity index (χ0v) is 21.6. The molecule has 1 amide bonds. The number of rotatable bonds is 5. The number of hydrogen-bond donors (Lipinski definition) is 3. The van der Waals surface area contributed by atoms with Crippen LogP contribution < -0.4 is 31.1 Å². The van der Waals surface area contributed by atoms with E-state index in [1.807, 2.05) is 91.9 Å². The fourth-order valence-electron chi connectivity index (χ4n) is 5.15. The summed E-state index contributed by atoms with van der Waals surface area (Å²) in [6.45, 7) is 2.54. The van der Waals surface area contributed by atoms with Gasteiger partial charge >= 0.3 is 0 Å². The summed E-state index contributed by atoms with van der Waals surface area (Å²) < 4.78 is 2.30. The zero-order valence-electron chi connectivity index (χ0n) is 20.8. The van der Waals surface area contributed by atoms with E-state index in [-0.39, 0.29) is 23.4 Å². The van der Waals surface area contributed by atoms with E-state index in [1.165, 1.54) is 11.3 Å². The molecule has 1 saturated heterocycles. The highest BCUT2D eigenvalue weighted by molar-refractivity contribution is 7.07. The summed E-state index contributed by atoms with van der Waals surface area (Å²) in [5.74, 6) is -0.190. The lowest BCUT2D eigenvalue weighted by atomic mass is 9.94. The highest BCUT2D eigenvalue weighted by Gasteiger charge is 2.33. The van der Waals surface area contributed by atoms with Crippen LogP contribution >= 0.6 is 11.3 Å². The molecular weight excluding hydrogens is 494 g/mol. The van der Waals surface area contributed by atoms with Crippen LogP contribution in [0.1, 0.15) is 30.1 Å². The second-order valence-electron chi connectivity index (χ2n) is 9.41. The van der Waals surface area contributed by atoms with Gasteiger partial charge in [0.2, 0.25) is 0 Å². The third-order valence-electron chi connectivity index (χ3n) is 6.96. The second kappa shape index (κ2) is 10.3. The van der Waals surface area contributed by atoms with E-state index in [0.717, 1.165) is 11.1 Å². The first kappa shape index (κ1) is 24.2. The van der Waals surface area contributed by atoms with E-state index in [2.05, 4.69) is 28.3 Å². The standard InChI is InChI=1S/C30H27N5O2S/c1-19-25(28(36)33-23-15-9-4-10-16-23)27(21-13-7-3-8-14-21)35-29(37)24(38-30(35)32-19)17-22-18-31-34-26(22)20-11-5-2-6-12-20/h2-17,22,26-27,31,34H,18H2,1H3,(H,33,36)/b24-17+. The number of hydrogen-bond acceptors (Lipinski definition) is 6. The van der Waals surface area contributed by atoms with Crippen LogP contribution in [0.2, 0.25) is 0 Å². The van der Waals surface area contributed by atoms with E-state index >= 15 is 0 Å². The van der Waals surface area contributed by atoms with Crippen molar-refractivity contribution >= 4 is 29.0 Å². The Balaban J connectivity index is 1.44. The number of allylic oxidation sites excluding steroid dienone is 1. The van der Waals surface area contributed by atoms with Crippen LogP contribution in [0.3, 0.4) is 0 Å². The lowest BCUT2D eigenvalue weighted by molar-refractivity contribution is -0.113. The smallest absolute Gasteiger partial charge is 0.270 e. The molecule has 0 saturated carbocycles. The van der Waals surface area contributed by atoms with Crippen molar-refractivity contribution in [2.75, 3.05) is 11.9 Å². The highest BCUT2D eigenvalue weighted by Crippen LogP contribution is 2.31. The third kappa shape index (κ3) is 4.54. The molecule has 3 N–H and O–H groups in total. The minimum Gasteiger partial charge on any atom is -0.322 e. The molecule has 0 aliphatic carbocycles. The monoisotopic (exact) mass is 521 g/mol. The van der Waals surface area contributed by atoms with Crippen molar-refractivity contribution in [3.63, 3.8) is 0 Å². The Bertz CT molecular complexity index is 1680. The van der Waals surface area contributed by atoms with Gasteiger partial charge in [-0.3, -0.25) is 19.6 Å². The number of anilines is 1. The van der Waals surface area contributed by atoms with Crippen LogP contribution in [0.15, 0.2) is 112 Å². The number of fused-ring (bicyclic) bond motifs is 1. The Morgan fingerprint density at radius 1 is 0.974 bits per heavy atom. The molecule has 2 aliphatic rings. The van der Waals surface area contributed by atoms with Crippen LogP contribution in [0, 0.1) is 5.92 Å². The molecule has 3 unspecified atom stereocenters. The van der Waals surface area contributed by atoms with Gasteiger partial charge in [0.1, 0.15) is 0 Å². The fourth-order valence-corrected chi connectivity index (χ4v) is 6.24. The van der Waals surface area contributed by atoms with Crippen molar-refractivity contribution in [3.8, 4) is 0 Å². The van der Waals surface area contributed by atoms with Gasteiger partial charge in [-0.05, 0) is 30.2 Å². The number of aromatic nitrogens is 1. The molecule has 1 fully saturated rings. The van der Waals surface area contributed by atoms with Gasteiger partial charge in [-0.25, -0.2) is 10.4 Å². The SMILES string of the molecule is CC1=C(C(=O)Nc2ccccc2)C(c2ccccc2)n2c(s/c(=C/C3CNNC3c3ccccc3)c2=O)=N1. The summed E-state index contributed by atoms with van der Waals surface area (Å²) in [5, 5.41) is 2.99. The molecule has 4 aromatic rings. The number of nitrogens with one attached hydrogen (secondary N) is 3. The van der Waals surface area contributed by atoms with Crippen molar-refractivity contribution in [1.82, 2.24) is 15.4 Å². The first-order valence-electron chi connectivity index (χ1n) is 12.6. The van der Waals surface area contributed by atoms with Crippen LogP contribution in [-0.2, 0) is 4.79 Å². The van der Waals surface area contributed by atoms with Crippen molar-refractivity contribution in [1.29, 1.82) is 0 Å². The molecule has 38 heavy (non-hydrogen) atoms. The molecule has 3 heterocycles. The average Bonchev–Trinajstić information content (AvgIpc) is 3.53. The predicted octanol–water partition coefficient (Wildman–Crippen LogP) is 3.29. The number of para-hydroxylation sites is 1. The molecule has 0 radical (unpaired) electrons. The van der Waals surface area contributed by atoms with Gasteiger partial charge in [-0.2, -0.15) is 0 Å². The average molecular weight is 522 g/mol. The molecule has 3 aromatic carbocycles. The van der Waals surface area contributed by atoms with Gasteiger partial charge in [0, 0.05) is 18.2 Å². The van der Waals surface area contributed by atoms with E-state index < -0.39 is 6.04 Å². The van der Waals surface area contributed by atoms with E-state index in [1.54, 1.807) is 4.57 Å². The molecule has 2 aliphatic heterocycles. The Labute approximate surface area is 223 Å². The van der Waals surface area contributed by atoms with Gasteiger partial charge in [0.15, 0.2) is 4.80 Å². The Morgan fingerprint density at radius 3 is 2.29 bits per heavy atom.